The molecule has 2 rings (SSSR count). The lowest BCUT2D eigenvalue weighted by Gasteiger charge is -2.20. The van der Waals surface area contributed by atoms with Gasteiger partial charge in [0, 0.05) is 31.4 Å². The maximum atomic E-state index is 11.8. The lowest BCUT2D eigenvalue weighted by molar-refractivity contribution is -0.122. The van der Waals surface area contributed by atoms with Crippen LogP contribution in [0.4, 0.5) is 0 Å². The van der Waals surface area contributed by atoms with E-state index in [1.54, 1.807) is 5.38 Å². The number of rotatable bonds is 7. The van der Waals surface area contributed by atoms with E-state index < -0.39 is 0 Å². The maximum absolute atomic E-state index is 11.8. The number of carbonyl (C=O) groups is 2. The van der Waals surface area contributed by atoms with Gasteiger partial charge in [-0.15, -0.1) is 23.7 Å². The van der Waals surface area contributed by atoms with Crippen LogP contribution in [0.1, 0.15) is 54.0 Å². The summed E-state index contributed by atoms with van der Waals surface area (Å²) in [5, 5.41) is 8.04. The average Bonchev–Trinajstić information content (AvgIpc) is 3.01. The molecule has 6 nitrogen and oxygen atoms in total. The van der Waals surface area contributed by atoms with Crippen LogP contribution >= 0.6 is 23.7 Å². The van der Waals surface area contributed by atoms with E-state index in [9.17, 15) is 9.59 Å². The summed E-state index contributed by atoms with van der Waals surface area (Å²) in [6.07, 6.45) is 6.72. The fraction of sp³-hybridized carbons (Fsp3) is 0.667. The third kappa shape index (κ3) is 6.85. The fourth-order valence-electron chi connectivity index (χ4n) is 2.70. The highest BCUT2D eigenvalue weighted by Crippen LogP contribution is 2.25. The molecule has 0 unspecified atom stereocenters. The highest BCUT2D eigenvalue weighted by molar-refractivity contribution is 7.09. The van der Waals surface area contributed by atoms with Gasteiger partial charge in [0.25, 0.3) is 5.91 Å². The van der Waals surface area contributed by atoms with E-state index in [-0.39, 0.29) is 24.2 Å². The van der Waals surface area contributed by atoms with Crippen LogP contribution in [0.3, 0.4) is 0 Å². The minimum absolute atomic E-state index is 0. The van der Waals surface area contributed by atoms with Gasteiger partial charge in [0.2, 0.25) is 5.91 Å². The molecule has 0 saturated heterocycles. The monoisotopic (exact) mass is 360 g/mol. The number of halogens is 1. The molecule has 0 bridgehead atoms. The molecule has 0 aliphatic heterocycles. The third-order valence-corrected chi connectivity index (χ3v) is 4.76. The number of carbonyl (C=O) groups excluding carboxylic acids is 2. The topological polar surface area (TPSA) is 97.1 Å². The predicted molar refractivity (Wildman–Crippen MR) is 93.8 cm³/mol. The van der Waals surface area contributed by atoms with Crippen molar-refractivity contribution in [3.8, 4) is 0 Å². The second kappa shape index (κ2) is 10.6. The number of hydrogen-bond donors (Lipinski definition) is 3. The van der Waals surface area contributed by atoms with Crippen LogP contribution in [-0.2, 0) is 11.3 Å². The summed E-state index contributed by atoms with van der Waals surface area (Å²) in [6, 6.07) is 0. The molecule has 8 heteroatoms. The Morgan fingerprint density at radius 3 is 2.57 bits per heavy atom. The highest BCUT2D eigenvalue weighted by Gasteiger charge is 2.16. The molecule has 0 radical (unpaired) electrons. The molecule has 0 aromatic carbocycles. The van der Waals surface area contributed by atoms with E-state index in [1.165, 1.54) is 30.6 Å². The van der Waals surface area contributed by atoms with Gasteiger partial charge in [-0.25, -0.2) is 4.98 Å². The molecule has 1 heterocycles. The first-order chi connectivity index (χ1) is 10.7. The quantitative estimate of drug-likeness (QED) is 0.646. The van der Waals surface area contributed by atoms with E-state index in [1.807, 2.05) is 0 Å². The van der Waals surface area contributed by atoms with E-state index in [2.05, 4.69) is 15.6 Å². The summed E-state index contributed by atoms with van der Waals surface area (Å²) in [4.78, 5) is 27.7. The van der Waals surface area contributed by atoms with E-state index in [0.29, 0.717) is 37.7 Å². The van der Waals surface area contributed by atoms with Crippen molar-refractivity contribution in [3.63, 3.8) is 0 Å². The zero-order valence-corrected chi connectivity index (χ0v) is 14.8. The van der Waals surface area contributed by atoms with Crippen molar-refractivity contribution in [1.29, 1.82) is 0 Å². The Hall–Kier alpha value is -1.18. The van der Waals surface area contributed by atoms with Gasteiger partial charge in [0.15, 0.2) is 0 Å². The van der Waals surface area contributed by atoms with Crippen LogP contribution in [0, 0.1) is 5.92 Å². The number of nitrogens with two attached hydrogens (primary N) is 1. The molecule has 1 saturated carbocycles. The molecule has 4 N–H and O–H groups in total. The third-order valence-electron chi connectivity index (χ3n) is 3.89. The zero-order chi connectivity index (χ0) is 15.8. The normalized spacial score (nSPS) is 14.8. The first-order valence-electron chi connectivity index (χ1n) is 7.88. The summed E-state index contributed by atoms with van der Waals surface area (Å²) in [6.45, 7) is 1.20. The smallest absolute Gasteiger partial charge is 0.270 e. The van der Waals surface area contributed by atoms with Crippen molar-refractivity contribution in [2.24, 2.45) is 11.7 Å². The van der Waals surface area contributed by atoms with Crippen LogP contribution in [0.5, 0.6) is 0 Å². The summed E-state index contributed by atoms with van der Waals surface area (Å²) in [7, 11) is 0. The fourth-order valence-corrected chi connectivity index (χ4v) is 3.36. The molecule has 23 heavy (non-hydrogen) atoms. The van der Waals surface area contributed by atoms with Gasteiger partial charge in [-0.2, -0.15) is 0 Å². The lowest BCUT2D eigenvalue weighted by Crippen LogP contribution is -2.35. The Kier molecular flexibility index (Phi) is 9.13. The number of aromatic nitrogens is 1. The number of thiazole rings is 1. The number of nitrogens with zero attached hydrogens (tertiary/aromatic N) is 1. The molecular weight excluding hydrogens is 336 g/mol. The summed E-state index contributed by atoms with van der Waals surface area (Å²) in [5.41, 5.74) is 5.85. The summed E-state index contributed by atoms with van der Waals surface area (Å²) in [5.74, 6) is 0.394. The van der Waals surface area contributed by atoms with Crippen molar-refractivity contribution in [2.75, 3.05) is 13.1 Å². The van der Waals surface area contributed by atoms with Crippen LogP contribution in [0.15, 0.2) is 5.38 Å². The average molecular weight is 361 g/mol. The highest BCUT2D eigenvalue weighted by atomic mass is 35.5. The first kappa shape index (κ1) is 19.9. The second-order valence-corrected chi connectivity index (χ2v) is 6.59. The van der Waals surface area contributed by atoms with Crippen LogP contribution in [0.25, 0.3) is 0 Å². The van der Waals surface area contributed by atoms with Gasteiger partial charge < -0.3 is 16.4 Å². The zero-order valence-electron chi connectivity index (χ0n) is 13.2. The summed E-state index contributed by atoms with van der Waals surface area (Å²) >= 11 is 1.37. The molecular formula is C15H25ClN4O2S. The van der Waals surface area contributed by atoms with Gasteiger partial charge in [-0.1, -0.05) is 19.3 Å². The van der Waals surface area contributed by atoms with Gasteiger partial charge in [0.1, 0.15) is 10.7 Å². The molecule has 1 aromatic rings. The van der Waals surface area contributed by atoms with E-state index in [4.69, 9.17) is 5.73 Å². The number of nitrogens with one attached hydrogen (secondary N) is 2. The number of amides is 2. The second-order valence-electron chi connectivity index (χ2n) is 5.64. The Morgan fingerprint density at radius 1 is 1.22 bits per heavy atom. The van der Waals surface area contributed by atoms with Crippen molar-refractivity contribution >= 4 is 35.6 Å². The molecule has 2 amide bonds. The SMILES string of the molecule is Cl.NCc1nc(C(=O)NCCNC(=O)CC2CCCCC2)cs1. The van der Waals surface area contributed by atoms with Crippen LogP contribution in [-0.4, -0.2) is 29.9 Å². The Balaban J connectivity index is 0.00000264. The molecule has 1 aliphatic rings. The van der Waals surface area contributed by atoms with Crippen LogP contribution in [0.2, 0.25) is 0 Å². The Bertz CT molecular complexity index is 503. The largest absolute Gasteiger partial charge is 0.354 e. The minimum atomic E-state index is -0.225. The Morgan fingerprint density at radius 2 is 1.91 bits per heavy atom. The van der Waals surface area contributed by atoms with Gasteiger partial charge >= 0.3 is 0 Å². The minimum Gasteiger partial charge on any atom is -0.354 e. The molecule has 0 atom stereocenters. The standard InChI is InChI=1S/C15H24N4O2S.ClH/c16-9-14-19-12(10-22-14)15(21)18-7-6-17-13(20)8-11-4-2-1-3-5-11;/h10-11H,1-9,16H2,(H,17,20)(H,18,21);1H. The van der Waals surface area contributed by atoms with E-state index in [0.717, 1.165) is 17.8 Å². The first-order valence-corrected chi connectivity index (χ1v) is 8.76. The Labute approximate surface area is 147 Å². The van der Waals surface area contributed by atoms with Gasteiger partial charge in [0.05, 0.1) is 0 Å². The lowest BCUT2D eigenvalue weighted by atomic mass is 9.87. The van der Waals surface area contributed by atoms with Crippen molar-refractivity contribution in [2.45, 2.75) is 45.1 Å². The van der Waals surface area contributed by atoms with E-state index >= 15 is 0 Å². The molecule has 1 aliphatic carbocycles. The molecule has 1 fully saturated rings. The predicted octanol–water partition coefficient (Wildman–Crippen LogP) is 1.84. The van der Waals surface area contributed by atoms with Crippen molar-refractivity contribution in [3.05, 3.63) is 16.1 Å². The maximum Gasteiger partial charge on any atom is 0.270 e. The summed E-state index contributed by atoms with van der Waals surface area (Å²) < 4.78 is 0. The molecule has 1 aromatic heterocycles. The number of hydrogen-bond acceptors (Lipinski definition) is 5. The molecule has 0 spiro atoms. The molecule has 130 valence electrons. The van der Waals surface area contributed by atoms with Gasteiger partial charge in [-0.3, -0.25) is 9.59 Å². The van der Waals surface area contributed by atoms with Gasteiger partial charge in [-0.05, 0) is 18.8 Å². The van der Waals surface area contributed by atoms with Crippen LogP contribution < -0.4 is 16.4 Å². The van der Waals surface area contributed by atoms with Crippen molar-refractivity contribution in [1.82, 2.24) is 15.6 Å². The van der Waals surface area contributed by atoms with Crippen molar-refractivity contribution < 1.29 is 9.59 Å².